The maximum Gasteiger partial charge on any atom is 0.407 e. The van der Waals surface area contributed by atoms with Gasteiger partial charge in [-0.3, -0.25) is 14.5 Å². The lowest BCUT2D eigenvalue weighted by Gasteiger charge is -2.38. The number of ketones is 1. The van der Waals surface area contributed by atoms with Gasteiger partial charge >= 0.3 is 12.1 Å². The lowest BCUT2D eigenvalue weighted by Crippen LogP contribution is -2.50. The van der Waals surface area contributed by atoms with Crippen molar-refractivity contribution in [2.45, 2.75) is 98.3 Å². The minimum absolute atomic E-state index is 0.0144. The number of alkyl carbamates (subject to hydrolysis) is 1. The topological polar surface area (TPSA) is 118 Å². The van der Waals surface area contributed by atoms with Crippen molar-refractivity contribution < 1.29 is 28.7 Å². The van der Waals surface area contributed by atoms with Crippen LogP contribution >= 0.6 is 11.3 Å². The second-order valence-corrected chi connectivity index (χ2v) is 12.5. The van der Waals surface area contributed by atoms with Crippen molar-refractivity contribution in [2.24, 2.45) is 17.8 Å². The molecule has 0 unspecified atom stereocenters. The molecule has 1 fully saturated rings. The monoisotopic (exact) mass is 594 g/mol. The van der Waals surface area contributed by atoms with Crippen LogP contribution < -0.4 is 5.32 Å². The average molecular weight is 595 g/mol. The molecule has 1 aromatic rings. The number of amides is 2. The van der Waals surface area contributed by atoms with Crippen molar-refractivity contribution in [3.63, 3.8) is 0 Å². The molecule has 0 saturated carbocycles. The molecule has 2 amide bonds. The summed E-state index contributed by atoms with van der Waals surface area (Å²) in [7, 11) is 3.75. The van der Waals surface area contributed by atoms with Crippen LogP contribution in [0.15, 0.2) is 5.38 Å². The largest absolute Gasteiger partial charge is 0.461 e. The molecule has 5 atom stereocenters. The van der Waals surface area contributed by atoms with E-state index in [4.69, 9.17) is 9.47 Å². The molecule has 1 saturated heterocycles. The van der Waals surface area contributed by atoms with Gasteiger partial charge in [0, 0.05) is 43.8 Å². The van der Waals surface area contributed by atoms with Gasteiger partial charge in [0.05, 0.1) is 12.1 Å². The molecule has 0 aromatic carbocycles. The van der Waals surface area contributed by atoms with Crippen molar-refractivity contribution in [1.29, 1.82) is 0 Å². The first kappa shape index (κ1) is 34.7. The predicted molar refractivity (Wildman–Crippen MR) is 160 cm³/mol. The van der Waals surface area contributed by atoms with Gasteiger partial charge in [-0.2, -0.15) is 0 Å². The highest BCUT2D eigenvalue weighted by Crippen LogP contribution is 2.35. The highest BCUT2D eigenvalue weighted by molar-refractivity contribution is 7.09. The van der Waals surface area contributed by atoms with Crippen LogP contribution in [0.25, 0.3) is 0 Å². The second kappa shape index (κ2) is 15.6. The summed E-state index contributed by atoms with van der Waals surface area (Å²) in [5.74, 6) is -0.938. The molecule has 10 nitrogen and oxygen atoms in total. The molecule has 2 rings (SSSR count). The molecule has 1 aliphatic heterocycles. The lowest BCUT2D eigenvalue weighted by atomic mass is 9.80. The van der Waals surface area contributed by atoms with Crippen LogP contribution in [0.4, 0.5) is 4.79 Å². The van der Waals surface area contributed by atoms with Crippen LogP contribution in [-0.2, 0) is 19.1 Å². The Morgan fingerprint density at radius 2 is 1.88 bits per heavy atom. The van der Waals surface area contributed by atoms with Crippen LogP contribution in [0.2, 0.25) is 0 Å². The molecular weight excluding hydrogens is 544 g/mol. The Bertz CT molecular complexity index is 1050. The Labute approximate surface area is 249 Å². The Balaban J connectivity index is 2.34. The van der Waals surface area contributed by atoms with Gasteiger partial charge in [-0.25, -0.2) is 14.6 Å². The second-order valence-electron chi connectivity index (χ2n) is 11.6. The average Bonchev–Trinajstić information content (AvgIpc) is 3.56. The summed E-state index contributed by atoms with van der Waals surface area (Å²) < 4.78 is 10.8. The summed E-state index contributed by atoms with van der Waals surface area (Å²) in [5.41, 5.74) is -0.391. The first-order chi connectivity index (χ1) is 19.3. The maximum absolute atomic E-state index is 14.1. The number of hydrogen-bond donors (Lipinski definition) is 1. The first-order valence-electron chi connectivity index (χ1n) is 14.9. The number of rotatable bonds is 15. The van der Waals surface area contributed by atoms with E-state index >= 15 is 0 Å². The summed E-state index contributed by atoms with van der Waals surface area (Å²) in [6.07, 6.45) is 1.64. The van der Waals surface area contributed by atoms with Crippen molar-refractivity contribution in [1.82, 2.24) is 20.1 Å². The number of nitrogens with one attached hydrogen (secondary N) is 1. The summed E-state index contributed by atoms with van der Waals surface area (Å²) in [4.78, 5) is 60.7. The smallest absolute Gasteiger partial charge is 0.407 e. The van der Waals surface area contributed by atoms with Gasteiger partial charge in [0.15, 0.2) is 17.6 Å². The van der Waals surface area contributed by atoms with E-state index < -0.39 is 29.6 Å². The molecule has 0 radical (unpaired) electrons. The zero-order chi connectivity index (χ0) is 30.9. The quantitative estimate of drug-likeness (QED) is 0.279. The van der Waals surface area contributed by atoms with Crippen molar-refractivity contribution in [2.75, 3.05) is 33.8 Å². The summed E-state index contributed by atoms with van der Waals surface area (Å²) >= 11 is 1.21. The molecule has 2 heterocycles. The predicted octanol–water partition coefficient (Wildman–Crippen LogP) is 5.09. The van der Waals surface area contributed by atoms with Crippen molar-refractivity contribution in [3.05, 3.63) is 16.1 Å². The van der Waals surface area contributed by atoms with E-state index in [2.05, 4.69) is 15.2 Å². The van der Waals surface area contributed by atoms with E-state index in [1.807, 2.05) is 41.7 Å². The molecular formula is C30H50N4O6S. The van der Waals surface area contributed by atoms with E-state index in [0.29, 0.717) is 11.6 Å². The van der Waals surface area contributed by atoms with Crippen LogP contribution in [0.5, 0.6) is 0 Å². The molecule has 0 aliphatic carbocycles. The Morgan fingerprint density at radius 3 is 2.41 bits per heavy atom. The number of nitrogens with zero attached hydrogens (tertiary/aromatic N) is 3. The van der Waals surface area contributed by atoms with E-state index in [-0.39, 0.29) is 54.7 Å². The van der Waals surface area contributed by atoms with Crippen molar-refractivity contribution >= 4 is 35.1 Å². The van der Waals surface area contributed by atoms with Gasteiger partial charge in [0.1, 0.15) is 5.01 Å². The molecule has 0 bridgehead atoms. The Morgan fingerprint density at radius 1 is 1.20 bits per heavy atom. The van der Waals surface area contributed by atoms with E-state index in [0.717, 1.165) is 25.8 Å². The molecule has 232 valence electrons. The molecule has 11 heteroatoms. The van der Waals surface area contributed by atoms with Crippen LogP contribution in [0.3, 0.4) is 0 Å². The number of likely N-dealkylation sites (N-methyl/N-ethyl adjacent to an activating group) is 1. The molecule has 1 N–H and O–H groups in total. The zero-order valence-electron chi connectivity index (χ0n) is 26.3. The number of aromatic nitrogens is 1. The summed E-state index contributed by atoms with van der Waals surface area (Å²) in [5, 5.41) is 4.69. The molecule has 0 spiro atoms. The van der Waals surface area contributed by atoms with Gasteiger partial charge in [-0.05, 0) is 59.0 Å². The third-order valence-electron chi connectivity index (χ3n) is 8.58. The van der Waals surface area contributed by atoms with Gasteiger partial charge in [0.2, 0.25) is 5.91 Å². The van der Waals surface area contributed by atoms with Gasteiger partial charge in [0.25, 0.3) is 0 Å². The number of esters is 1. The highest BCUT2D eigenvalue weighted by atomic mass is 32.1. The van der Waals surface area contributed by atoms with E-state index in [1.165, 1.54) is 11.3 Å². The lowest BCUT2D eigenvalue weighted by molar-refractivity contribution is -0.143. The summed E-state index contributed by atoms with van der Waals surface area (Å²) in [6, 6.07) is -0.316. The number of ether oxygens (including phenoxy) is 2. The van der Waals surface area contributed by atoms with Crippen LogP contribution in [0.1, 0.15) is 102 Å². The van der Waals surface area contributed by atoms with Crippen LogP contribution in [-0.4, -0.2) is 83.9 Å². The SMILES string of the molecule is CCNC(=O)O[C@H](C[C@H](C(C)C)N(C)C(=O)[C@@H](CC(=O)[C@@]1(C)CCCN1C)[C@@H](C)CC)c1nc(C(=O)OCC)cs1. The van der Waals surface area contributed by atoms with Crippen LogP contribution in [0, 0.1) is 17.8 Å². The number of carbonyl (C=O) groups excluding carboxylic acids is 4. The van der Waals surface area contributed by atoms with E-state index in [9.17, 15) is 19.2 Å². The van der Waals surface area contributed by atoms with Gasteiger partial charge in [-0.1, -0.05) is 34.1 Å². The number of likely N-dealkylation sites (tertiary alicyclic amines) is 1. The minimum atomic E-state index is -0.785. The zero-order valence-corrected chi connectivity index (χ0v) is 27.1. The Hall–Kier alpha value is -2.53. The first-order valence-corrected chi connectivity index (χ1v) is 15.8. The standard InChI is InChI=1S/C30H50N4O6S/c1-10-20(6)21(16-25(35)30(7)14-13-15-33(30)8)27(36)34(9)23(19(4)5)17-24(40-29(38)31-11-2)26-32-22(18-41-26)28(37)39-12-3/h18-21,23-24H,10-17H2,1-9H3,(H,31,38)/t20-,21-,23+,24+,30+/m0/s1. The maximum atomic E-state index is 14.1. The highest BCUT2D eigenvalue weighted by Gasteiger charge is 2.43. The third-order valence-corrected chi connectivity index (χ3v) is 9.51. The number of carbonyl (C=O) groups is 4. The fraction of sp³-hybridized carbons (Fsp3) is 0.767. The normalized spacial score (nSPS) is 20.2. The molecule has 41 heavy (non-hydrogen) atoms. The number of Topliss-reactive ketones (excluding diaryl/α,β-unsaturated/α-hetero) is 1. The number of thiazole rings is 1. The third kappa shape index (κ3) is 8.73. The van der Waals surface area contributed by atoms with Crippen molar-refractivity contribution in [3.8, 4) is 0 Å². The molecule has 1 aliphatic rings. The van der Waals surface area contributed by atoms with Gasteiger partial charge < -0.3 is 19.7 Å². The van der Waals surface area contributed by atoms with Gasteiger partial charge in [-0.15, -0.1) is 11.3 Å². The Kier molecular flexibility index (Phi) is 13.2. The fourth-order valence-electron chi connectivity index (χ4n) is 5.46. The minimum Gasteiger partial charge on any atom is -0.461 e. The number of hydrogen-bond acceptors (Lipinski definition) is 9. The van der Waals surface area contributed by atoms with E-state index in [1.54, 1.807) is 31.2 Å². The fourth-order valence-corrected chi connectivity index (χ4v) is 6.29. The summed E-state index contributed by atoms with van der Waals surface area (Å²) in [6.45, 7) is 15.1. The molecule has 1 aromatic heterocycles.